The van der Waals surface area contributed by atoms with Crippen LogP contribution in [0, 0.1) is 0 Å². The number of nitrogens with zero attached hydrogens (tertiary/aromatic N) is 1. The quantitative estimate of drug-likeness (QED) is 0.613. The van der Waals surface area contributed by atoms with Gasteiger partial charge in [0.25, 0.3) is 0 Å². The first-order valence-corrected chi connectivity index (χ1v) is 7.57. The molecule has 1 aromatic rings. The molecule has 0 spiro atoms. The van der Waals surface area contributed by atoms with Crippen LogP contribution in [-0.2, 0) is 19.8 Å². The molecule has 0 saturated carbocycles. The Morgan fingerprint density at radius 1 is 1.58 bits per heavy atom. The van der Waals surface area contributed by atoms with Crippen LogP contribution in [0.1, 0.15) is 16.8 Å². The second kappa shape index (κ2) is 4.89. The summed E-state index contributed by atoms with van der Waals surface area (Å²) in [5.41, 5.74) is 0.165. The van der Waals surface area contributed by atoms with E-state index in [9.17, 15) is 21.9 Å². The second-order valence-electron chi connectivity index (χ2n) is 3.94. The van der Waals surface area contributed by atoms with Crippen LogP contribution in [0.2, 0.25) is 0 Å². The van der Waals surface area contributed by atoms with Gasteiger partial charge in [-0.25, -0.2) is 4.79 Å². The highest BCUT2D eigenvalue weighted by Gasteiger charge is 2.40. The van der Waals surface area contributed by atoms with Crippen LogP contribution in [0.5, 0.6) is 0 Å². The number of carbonyl (C=O) groups is 2. The summed E-state index contributed by atoms with van der Waals surface area (Å²) >= 11 is 1.09. The average Bonchev–Trinajstić information content (AvgIpc) is 2.92. The Balaban J connectivity index is 2.32. The number of hydrogen-bond acceptors (Lipinski definition) is 6. The topological polar surface area (TPSA) is 80.8 Å². The van der Waals surface area contributed by atoms with Gasteiger partial charge in [0.1, 0.15) is 10.3 Å². The molecule has 2 heterocycles. The van der Waals surface area contributed by atoms with Crippen molar-refractivity contribution in [2.45, 2.75) is 11.7 Å². The lowest BCUT2D eigenvalue weighted by molar-refractivity contribution is -0.117. The molecule has 1 aromatic heterocycles. The van der Waals surface area contributed by atoms with E-state index in [0.29, 0.717) is 0 Å². The lowest BCUT2D eigenvalue weighted by Crippen LogP contribution is -2.27. The molecular weight excluding hydrogens is 297 g/mol. The number of halogens is 1. The Morgan fingerprint density at radius 2 is 2.26 bits per heavy atom. The van der Waals surface area contributed by atoms with Crippen LogP contribution < -0.4 is 4.90 Å². The van der Waals surface area contributed by atoms with Gasteiger partial charge in [0.15, 0.2) is 0 Å². The normalized spacial score (nSPS) is 19.8. The molecule has 1 aliphatic heterocycles. The monoisotopic (exact) mass is 307 g/mol. The fourth-order valence-electron chi connectivity index (χ4n) is 1.84. The second-order valence-corrected chi connectivity index (χ2v) is 6.45. The zero-order chi connectivity index (χ0) is 14.2. The van der Waals surface area contributed by atoms with Crippen molar-refractivity contribution in [1.29, 1.82) is 0 Å². The number of amides is 1. The van der Waals surface area contributed by atoms with Crippen molar-refractivity contribution in [3.05, 3.63) is 17.0 Å². The van der Waals surface area contributed by atoms with Crippen molar-refractivity contribution in [2.24, 2.45) is 0 Å². The fraction of sp³-hybridized carbons (Fsp3) is 0.400. The molecule has 1 aliphatic rings. The summed E-state index contributed by atoms with van der Waals surface area (Å²) in [6.07, 6.45) is -0.419. The maximum Gasteiger partial charge on any atom is 0.340 e. The molecule has 1 fully saturated rings. The third kappa shape index (κ3) is 2.61. The highest BCUT2D eigenvalue weighted by molar-refractivity contribution is 7.87. The highest BCUT2D eigenvalue weighted by Crippen LogP contribution is 2.33. The lowest BCUT2D eigenvalue weighted by Gasteiger charge is -2.15. The van der Waals surface area contributed by atoms with Crippen molar-refractivity contribution >= 4 is 38.4 Å². The number of ether oxygens (including phenoxy) is 1. The molecule has 0 aromatic carbocycles. The van der Waals surface area contributed by atoms with Crippen molar-refractivity contribution in [2.75, 3.05) is 18.6 Å². The molecule has 0 N–H and O–H groups in total. The van der Waals surface area contributed by atoms with Gasteiger partial charge in [0.2, 0.25) is 5.91 Å². The predicted octanol–water partition coefficient (Wildman–Crippen LogP) is 0.939. The van der Waals surface area contributed by atoms with Crippen molar-refractivity contribution in [1.82, 2.24) is 0 Å². The summed E-state index contributed by atoms with van der Waals surface area (Å²) in [6, 6.07) is 1.47. The van der Waals surface area contributed by atoms with E-state index in [0.717, 1.165) is 16.2 Å². The Hall–Kier alpha value is -1.48. The van der Waals surface area contributed by atoms with Crippen LogP contribution in [-0.4, -0.2) is 39.2 Å². The number of thiophene rings is 1. The Labute approximate surface area is 113 Å². The van der Waals surface area contributed by atoms with Crippen molar-refractivity contribution in [3.63, 3.8) is 0 Å². The maximum absolute atomic E-state index is 12.9. The van der Waals surface area contributed by atoms with Gasteiger partial charge in [-0.3, -0.25) is 4.79 Å². The SMILES string of the molecule is COC(=O)c1ccsc1N1CC(S(=O)(=O)F)CC1=O. The molecule has 1 unspecified atom stereocenters. The summed E-state index contributed by atoms with van der Waals surface area (Å²) in [5.74, 6) is -1.16. The first-order chi connectivity index (χ1) is 8.84. The Kier molecular flexibility index (Phi) is 3.59. The van der Waals surface area contributed by atoms with Gasteiger partial charge in [-0.15, -0.1) is 15.2 Å². The van der Waals surface area contributed by atoms with E-state index in [1.165, 1.54) is 13.2 Å². The van der Waals surface area contributed by atoms with Gasteiger partial charge < -0.3 is 9.64 Å². The molecule has 1 saturated heterocycles. The summed E-state index contributed by atoms with van der Waals surface area (Å²) < 4.78 is 39.1. The van der Waals surface area contributed by atoms with Crippen LogP contribution in [0.4, 0.5) is 8.89 Å². The molecular formula is C10H10FNO5S2. The van der Waals surface area contributed by atoms with Gasteiger partial charge in [-0.1, -0.05) is 0 Å². The first kappa shape index (κ1) is 13.9. The molecule has 0 bridgehead atoms. The molecule has 1 amide bonds. The van der Waals surface area contributed by atoms with E-state index in [2.05, 4.69) is 4.74 Å². The van der Waals surface area contributed by atoms with Crippen LogP contribution in [0.15, 0.2) is 11.4 Å². The minimum Gasteiger partial charge on any atom is -0.465 e. The van der Waals surface area contributed by atoms with Crippen LogP contribution in [0.25, 0.3) is 0 Å². The van der Waals surface area contributed by atoms with E-state index in [4.69, 9.17) is 0 Å². The number of hydrogen-bond donors (Lipinski definition) is 0. The Morgan fingerprint density at radius 3 is 2.79 bits per heavy atom. The lowest BCUT2D eigenvalue weighted by atomic mass is 10.3. The minimum atomic E-state index is -4.77. The maximum atomic E-state index is 12.9. The standard InChI is InChI=1S/C10H10FNO5S2/c1-17-10(14)7-2-3-18-9(7)12-5-6(4-8(12)13)19(11,15)16/h2-3,6H,4-5H2,1H3. The molecule has 1 atom stereocenters. The van der Waals surface area contributed by atoms with E-state index in [1.54, 1.807) is 5.38 Å². The zero-order valence-corrected chi connectivity index (χ0v) is 11.5. The van der Waals surface area contributed by atoms with Crippen molar-refractivity contribution < 1.29 is 26.6 Å². The summed E-state index contributed by atoms with van der Waals surface area (Å²) in [4.78, 5) is 24.3. The van der Waals surface area contributed by atoms with E-state index in [-0.39, 0.29) is 17.1 Å². The predicted molar refractivity (Wildman–Crippen MR) is 66.4 cm³/mol. The van der Waals surface area contributed by atoms with E-state index in [1.807, 2.05) is 0 Å². The van der Waals surface area contributed by atoms with Crippen molar-refractivity contribution in [3.8, 4) is 0 Å². The molecule has 0 aliphatic carbocycles. The Bertz CT molecular complexity index is 624. The first-order valence-electron chi connectivity index (χ1n) is 5.24. The number of esters is 1. The van der Waals surface area contributed by atoms with E-state index >= 15 is 0 Å². The molecule has 9 heteroatoms. The third-order valence-electron chi connectivity index (χ3n) is 2.78. The summed E-state index contributed by atoms with van der Waals surface area (Å²) in [6.45, 7) is -0.290. The minimum absolute atomic E-state index is 0.165. The molecule has 2 rings (SSSR count). The third-order valence-corrected chi connectivity index (χ3v) is 4.83. The number of anilines is 1. The van der Waals surface area contributed by atoms with Gasteiger partial charge in [0.05, 0.1) is 12.7 Å². The largest absolute Gasteiger partial charge is 0.465 e. The van der Waals surface area contributed by atoms with Gasteiger partial charge in [-0.05, 0) is 11.4 Å². The van der Waals surface area contributed by atoms with Gasteiger partial charge in [0, 0.05) is 13.0 Å². The van der Waals surface area contributed by atoms with Gasteiger partial charge >= 0.3 is 16.2 Å². The van der Waals surface area contributed by atoms with Crippen LogP contribution in [0.3, 0.4) is 0 Å². The average molecular weight is 307 g/mol. The number of methoxy groups -OCH3 is 1. The van der Waals surface area contributed by atoms with Crippen LogP contribution >= 0.6 is 11.3 Å². The number of rotatable bonds is 3. The molecule has 19 heavy (non-hydrogen) atoms. The fourth-order valence-corrected chi connectivity index (χ4v) is 3.42. The summed E-state index contributed by atoms with van der Waals surface area (Å²) in [5, 5.41) is 0.474. The molecule has 0 radical (unpaired) electrons. The zero-order valence-electron chi connectivity index (χ0n) is 9.83. The van der Waals surface area contributed by atoms with E-state index < -0.39 is 33.8 Å². The summed E-state index contributed by atoms with van der Waals surface area (Å²) in [7, 11) is -3.57. The number of carbonyl (C=O) groups excluding carboxylic acids is 2. The van der Waals surface area contributed by atoms with Gasteiger partial charge in [-0.2, -0.15) is 8.42 Å². The molecule has 6 nitrogen and oxygen atoms in total. The molecule has 104 valence electrons. The highest BCUT2D eigenvalue weighted by atomic mass is 32.3. The smallest absolute Gasteiger partial charge is 0.340 e.